The molecule has 0 aliphatic heterocycles. The van der Waals surface area contributed by atoms with E-state index in [1.165, 1.54) is 6.42 Å². The fraction of sp³-hybridized carbons (Fsp3) is 0.429. The van der Waals surface area contributed by atoms with Crippen molar-refractivity contribution in [3.63, 3.8) is 0 Å². The zero-order valence-electron chi connectivity index (χ0n) is 30.6. The zero-order valence-corrected chi connectivity index (χ0v) is 30.6. The highest BCUT2D eigenvalue weighted by Crippen LogP contribution is 2.54. The van der Waals surface area contributed by atoms with Crippen LogP contribution in [0.3, 0.4) is 0 Å². The van der Waals surface area contributed by atoms with Gasteiger partial charge in [-0.05, 0) is 95.9 Å². The number of tetrazole rings is 1. The molecule has 4 bridgehead atoms. The van der Waals surface area contributed by atoms with E-state index in [1.807, 2.05) is 91.1 Å². The molecule has 4 fully saturated rings. The van der Waals surface area contributed by atoms with Crippen LogP contribution >= 0.6 is 0 Å². The number of rotatable bonds is 14. The van der Waals surface area contributed by atoms with Gasteiger partial charge in [0.1, 0.15) is 11.6 Å². The van der Waals surface area contributed by atoms with Crippen molar-refractivity contribution < 1.29 is 19.1 Å². The van der Waals surface area contributed by atoms with E-state index in [0.29, 0.717) is 30.6 Å². The lowest BCUT2D eigenvalue weighted by molar-refractivity contribution is -0.128. The highest BCUT2D eigenvalue weighted by Gasteiger charge is 2.50. The van der Waals surface area contributed by atoms with Gasteiger partial charge in [-0.2, -0.15) is 0 Å². The smallest absolute Gasteiger partial charge is 0.408 e. The van der Waals surface area contributed by atoms with Gasteiger partial charge in [0.2, 0.25) is 11.8 Å². The summed E-state index contributed by atoms with van der Waals surface area (Å²) in [6.07, 6.45) is 7.75. The van der Waals surface area contributed by atoms with Crippen molar-refractivity contribution in [2.75, 3.05) is 6.54 Å². The molecule has 4 N–H and O–H groups in total. The van der Waals surface area contributed by atoms with Crippen LogP contribution in [-0.4, -0.2) is 61.3 Å². The first kappa shape index (κ1) is 35.5. The molecule has 4 aliphatic rings. The summed E-state index contributed by atoms with van der Waals surface area (Å²) < 4.78 is 7.92. The van der Waals surface area contributed by atoms with Crippen molar-refractivity contribution in [2.45, 2.75) is 82.5 Å². The number of para-hydroxylation sites is 1. The minimum Gasteiger partial charge on any atom is -0.446 e. The second-order valence-corrected chi connectivity index (χ2v) is 15.8. The number of fused-ring (bicyclic) bond motifs is 1. The topological polar surface area (TPSA) is 156 Å². The van der Waals surface area contributed by atoms with E-state index in [9.17, 15) is 14.4 Å². The number of ether oxygens (including phenoxy) is 1. The molecule has 0 radical (unpaired) electrons. The summed E-state index contributed by atoms with van der Waals surface area (Å²) in [5.41, 5.74) is 2.40. The van der Waals surface area contributed by atoms with E-state index in [1.54, 1.807) is 11.6 Å². The minimum absolute atomic E-state index is 0.107. The van der Waals surface area contributed by atoms with Crippen molar-refractivity contribution in [2.24, 2.45) is 23.7 Å². The number of carbonyl (C=O) groups excluding carboxylic acids is 3. The molecule has 2 atom stereocenters. The van der Waals surface area contributed by atoms with Gasteiger partial charge in [0.25, 0.3) is 0 Å². The Hall–Kier alpha value is -5.52. The largest absolute Gasteiger partial charge is 0.446 e. The van der Waals surface area contributed by atoms with E-state index in [2.05, 4.69) is 36.5 Å². The number of carbonyl (C=O) groups is 3. The average molecular weight is 729 g/mol. The summed E-state index contributed by atoms with van der Waals surface area (Å²) in [6.45, 7) is 2.36. The SMILES string of the molecule is C[C@](Cc1c[nH]c2ccccc12)(NC(=O)OC1C2CC3CC(C2)CC1C3)C(=O)NC[C@H](NC(=O)CCc1nnnn1Cc1ccccc1)c1ccccc1. The van der Waals surface area contributed by atoms with Gasteiger partial charge >= 0.3 is 6.09 Å². The zero-order chi connectivity index (χ0) is 37.1. The molecule has 0 unspecified atom stereocenters. The van der Waals surface area contributed by atoms with E-state index >= 15 is 0 Å². The number of aryl methyl sites for hydroxylation is 1. The normalized spacial score (nSPS) is 23.0. The second-order valence-electron chi connectivity index (χ2n) is 15.8. The molecule has 280 valence electrons. The minimum atomic E-state index is -1.35. The average Bonchev–Trinajstić information content (AvgIpc) is 3.80. The van der Waals surface area contributed by atoms with Gasteiger partial charge in [0.15, 0.2) is 5.82 Å². The second kappa shape index (κ2) is 15.5. The molecule has 0 spiro atoms. The Bertz CT molecular complexity index is 2050. The van der Waals surface area contributed by atoms with Crippen molar-refractivity contribution in [1.82, 2.24) is 41.1 Å². The number of aromatic nitrogens is 5. The lowest BCUT2D eigenvalue weighted by Crippen LogP contribution is -2.60. The number of alkyl carbamates (subject to hydrolysis) is 1. The van der Waals surface area contributed by atoms with E-state index in [0.717, 1.165) is 65.1 Å². The third-order valence-corrected chi connectivity index (χ3v) is 11.8. The maximum atomic E-state index is 14.4. The van der Waals surface area contributed by atoms with Crippen LogP contribution in [-0.2, 0) is 33.7 Å². The standard InChI is InChI=1S/C42H48N8O4/c1-42(23-33-24-43-35-15-9-8-14-34(33)35,46-41(53)54-39-31-19-28-18-29(21-31)22-32(39)20-28)40(52)44-25-36(30-12-6-3-7-13-30)45-38(51)17-16-37-47-48-49-50(37)26-27-10-4-2-5-11-27/h2-15,24,28-29,31-32,36,39,43H,16-23,25-26H2,1H3,(H,44,52)(H,45,51)(H,46,53)/t28?,29?,31?,32?,36-,39?,42+/m0/s1. The van der Waals surface area contributed by atoms with E-state index in [4.69, 9.17) is 4.74 Å². The maximum Gasteiger partial charge on any atom is 0.408 e. The molecule has 3 aromatic carbocycles. The van der Waals surface area contributed by atoms with Gasteiger partial charge in [-0.3, -0.25) is 9.59 Å². The van der Waals surface area contributed by atoms with Crippen molar-refractivity contribution in [1.29, 1.82) is 0 Å². The lowest BCUT2D eigenvalue weighted by atomic mass is 9.55. The number of benzene rings is 3. The number of H-pyrrole nitrogens is 1. The van der Waals surface area contributed by atoms with E-state index < -0.39 is 17.7 Å². The van der Waals surface area contributed by atoms with Crippen LogP contribution in [0.2, 0.25) is 0 Å². The predicted octanol–water partition coefficient (Wildman–Crippen LogP) is 5.66. The molecule has 12 heteroatoms. The number of nitrogens with one attached hydrogen (secondary N) is 4. The van der Waals surface area contributed by atoms with Gasteiger partial charge in [0, 0.05) is 42.9 Å². The van der Waals surface area contributed by atoms with Gasteiger partial charge < -0.3 is 25.7 Å². The predicted molar refractivity (Wildman–Crippen MR) is 203 cm³/mol. The third-order valence-electron chi connectivity index (χ3n) is 11.8. The number of nitrogens with zero attached hydrogens (tertiary/aromatic N) is 4. The van der Waals surface area contributed by atoms with Gasteiger partial charge in [0.05, 0.1) is 12.6 Å². The number of hydrogen-bond donors (Lipinski definition) is 4. The van der Waals surface area contributed by atoms with Crippen LogP contribution in [0.4, 0.5) is 4.79 Å². The fourth-order valence-corrected chi connectivity index (χ4v) is 9.39. The van der Waals surface area contributed by atoms with Gasteiger partial charge in [-0.15, -0.1) is 5.10 Å². The first-order chi connectivity index (χ1) is 26.3. The quantitative estimate of drug-likeness (QED) is 0.115. The number of hydrogen-bond acceptors (Lipinski definition) is 7. The molecular weight excluding hydrogens is 681 g/mol. The van der Waals surface area contributed by atoms with Crippen LogP contribution in [0.15, 0.2) is 91.1 Å². The molecule has 2 heterocycles. The molecule has 12 nitrogen and oxygen atoms in total. The Kier molecular flexibility index (Phi) is 10.2. The van der Waals surface area contributed by atoms with Crippen LogP contribution < -0.4 is 16.0 Å². The molecular formula is C42H48N8O4. The number of amides is 3. The molecule has 54 heavy (non-hydrogen) atoms. The summed E-state index contributed by atoms with van der Waals surface area (Å²) in [4.78, 5) is 44.8. The Labute approximate surface area is 314 Å². The first-order valence-electron chi connectivity index (χ1n) is 19.2. The monoisotopic (exact) mass is 728 g/mol. The summed E-state index contributed by atoms with van der Waals surface area (Å²) in [5.74, 6) is 2.33. The third kappa shape index (κ3) is 7.88. The highest BCUT2D eigenvalue weighted by atomic mass is 16.6. The summed E-state index contributed by atoms with van der Waals surface area (Å²) >= 11 is 0. The molecule has 2 aromatic heterocycles. The molecule has 0 saturated heterocycles. The fourth-order valence-electron chi connectivity index (χ4n) is 9.39. The lowest BCUT2D eigenvalue weighted by Gasteiger charge is -2.53. The Morgan fingerprint density at radius 3 is 2.33 bits per heavy atom. The van der Waals surface area contributed by atoms with Crippen molar-refractivity contribution >= 4 is 28.8 Å². The molecule has 3 amide bonds. The molecule has 4 aliphatic carbocycles. The number of aromatic amines is 1. The van der Waals surface area contributed by atoms with Gasteiger partial charge in [-0.1, -0.05) is 78.9 Å². The Morgan fingerprint density at radius 1 is 0.907 bits per heavy atom. The van der Waals surface area contributed by atoms with Crippen molar-refractivity contribution in [3.8, 4) is 0 Å². The molecule has 4 saturated carbocycles. The van der Waals surface area contributed by atoms with Crippen LogP contribution in [0, 0.1) is 23.7 Å². The highest BCUT2D eigenvalue weighted by molar-refractivity contribution is 5.91. The van der Waals surface area contributed by atoms with Gasteiger partial charge in [-0.25, -0.2) is 9.48 Å². The summed E-state index contributed by atoms with van der Waals surface area (Å²) in [5, 5.41) is 22.3. The maximum absolute atomic E-state index is 14.4. The Balaban J connectivity index is 0.954. The summed E-state index contributed by atoms with van der Waals surface area (Å²) in [7, 11) is 0. The Morgan fingerprint density at radius 2 is 1.59 bits per heavy atom. The van der Waals surface area contributed by atoms with Crippen molar-refractivity contribution in [3.05, 3.63) is 114 Å². The van der Waals surface area contributed by atoms with Crippen LogP contribution in [0.25, 0.3) is 10.9 Å². The first-order valence-corrected chi connectivity index (χ1v) is 19.2. The van der Waals surface area contributed by atoms with Crippen LogP contribution in [0.1, 0.15) is 74.0 Å². The molecule has 5 aromatic rings. The summed E-state index contributed by atoms with van der Waals surface area (Å²) in [6, 6.07) is 26.8. The molecule has 9 rings (SSSR count). The van der Waals surface area contributed by atoms with Crippen LogP contribution in [0.5, 0.6) is 0 Å². The van der Waals surface area contributed by atoms with E-state index in [-0.39, 0.29) is 37.3 Å².